The highest BCUT2D eigenvalue weighted by molar-refractivity contribution is 9.10. The lowest BCUT2D eigenvalue weighted by atomic mass is 9.93. The Morgan fingerprint density at radius 3 is 2.50 bits per heavy atom. The van der Waals surface area contributed by atoms with Gasteiger partial charge >= 0.3 is 6.16 Å². The summed E-state index contributed by atoms with van der Waals surface area (Å²) >= 11 is 3.65. The highest BCUT2D eigenvalue weighted by Gasteiger charge is 2.31. The zero-order valence-electron chi connectivity index (χ0n) is 17.7. The van der Waals surface area contributed by atoms with Gasteiger partial charge in [0.1, 0.15) is 5.60 Å². The Balaban J connectivity index is 1.88. The van der Waals surface area contributed by atoms with E-state index in [4.69, 9.17) is 9.57 Å². The van der Waals surface area contributed by atoms with Crippen molar-refractivity contribution in [1.29, 1.82) is 0 Å². The molecule has 0 aromatic heterocycles. The molecule has 2 aromatic rings. The molecule has 0 aliphatic carbocycles. The van der Waals surface area contributed by atoms with E-state index in [1.54, 1.807) is 32.6 Å². The van der Waals surface area contributed by atoms with Crippen molar-refractivity contribution in [3.8, 4) is 0 Å². The molecule has 3 rings (SSSR count). The zero-order chi connectivity index (χ0) is 21.9. The zero-order valence-corrected chi connectivity index (χ0v) is 19.3. The highest BCUT2D eigenvalue weighted by atomic mass is 79.9. The molecule has 0 spiro atoms. The molecule has 2 aromatic carbocycles. The second kappa shape index (κ2) is 9.18. The largest absolute Gasteiger partial charge is 0.528 e. The average Bonchev–Trinajstić information content (AvgIpc) is 2.65. The Hall–Kier alpha value is -2.38. The number of carbonyl (C=O) groups is 2. The van der Waals surface area contributed by atoms with Crippen LogP contribution in [-0.2, 0) is 20.8 Å². The fraction of sp³-hybridized carbons (Fsp3) is 0.391. The van der Waals surface area contributed by atoms with Crippen molar-refractivity contribution >= 4 is 33.7 Å². The van der Waals surface area contributed by atoms with Gasteiger partial charge in [-0.15, -0.1) is 5.48 Å². The third-order valence-corrected chi connectivity index (χ3v) is 5.35. The maximum absolute atomic E-state index is 12.2. The van der Waals surface area contributed by atoms with E-state index in [0.717, 1.165) is 27.7 Å². The molecule has 1 N–H and O–H groups in total. The molecule has 0 bridgehead atoms. The van der Waals surface area contributed by atoms with Crippen molar-refractivity contribution in [3.63, 3.8) is 0 Å². The molecule has 1 aliphatic rings. The summed E-state index contributed by atoms with van der Waals surface area (Å²) in [5.41, 5.74) is 6.20. The number of hydroxylamine groups is 1. The lowest BCUT2D eigenvalue weighted by Gasteiger charge is -2.35. The maximum atomic E-state index is 12.2. The van der Waals surface area contributed by atoms with Crippen LogP contribution in [0.25, 0.3) is 0 Å². The second-order valence-electron chi connectivity index (χ2n) is 8.37. The van der Waals surface area contributed by atoms with E-state index in [1.807, 2.05) is 24.3 Å². The molecule has 1 heterocycles. The van der Waals surface area contributed by atoms with Gasteiger partial charge in [-0.05, 0) is 72.3 Å². The number of ether oxygens (including phenoxy) is 1. The first kappa shape index (κ1) is 22.3. The van der Waals surface area contributed by atoms with E-state index in [9.17, 15) is 9.59 Å². The van der Waals surface area contributed by atoms with E-state index < -0.39 is 11.8 Å². The molecular formula is C23H27BrN2O4. The molecular weight excluding hydrogens is 448 g/mol. The molecule has 0 saturated heterocycles. The first-order chi connectivity index (χ1) is 14.1. The van der Waals surface area contributed by atoms with Gasteiger partial charge in [-0.2, -0.15) is 0 Å². The predicted molar refractivity (Wildman–Crippen MR) is 119 cm³/mol. The number of benzene rings is 2. The van der Waals surface area contributed by atoms with Gasteiger partial charge in [0.2, 0.25) is 5.91 Å². The minimum Gasteiger partial charge on any atom is -0.427 e. The van der Waals surface area contributed by atoms with Crippen molar-refractivity contribution in [2.45, 2.75) is 52.2 Å². The lowest BCUT2D eigenvalue weighted by Crippen LogP contribution is -2.40. The molecule has 1 atom stereocenters. The van der Waals surface area contributed by atoms with Crippen LogP contribution in [0.1, 0.15) is 56.8 Å². The number of anilines is 1. The minimum atomic E-state index is -0.780. The minimum absolute atomic E-state index is 0.0285. The summed E-state index contributed by atoms with van der Waals surface area (Å²) in [6.45, 7) is 7.42. The number of nitrogens with one attached hydrogen (secondary N) is 1. The first-order valence-electron chi connectivity index (χ1n) is 9.94. The van der Waals surface area contributed by atoms with Crippen molar-refractivity contribution in [1.82, 2.24) is 5.48 Å². The third kappa shape index (κ3) is 5.61. The summed E-state index contributed by atoms with van der Waals surface area (Å²) in [6.07, 6.45) is 0.584. The van der Waals surface area contributed by atoms with Crippen molar-refractivity contribution in [2.75, 3.05) is 11.4 Å². The second-order valence-corrected chi connectivity index (χ2v) is 9.23. The fourth-order valence-corrected chi connectivity index (χ4v) is 4.25. The van der Waals surface area contributed by atoms with E-state index >= 15 is 0 Å². The summed E-state index contributed by atoms with van der Waals surface area (Å²) in [5.74, 6) is -0.0285. The van der Waals surface area contributed by atoms with Crippen molar-refractivity contribution < 1.29 is 19.2 Å². The van der Waals surface area contributed by atoms with Gasteiger partial charge < -0.3 is 14.5 Å². The fourth-order valence-electron chi connectivity index (χ4n) is 3.52. The van der Waals surface area contributed by atoms with E-state index in [-0.39, 0.29) is 11.9 Å². The molecule has 0 unspecified atom stereocenters. The Labute approximate surface area is 185 Å². The molecule has 0 saturated carbocycles. The van der Waals surface area contributed by atoms with E-state index in [0.29, 0.717) is 13.0 Å². The van der Waals surface area contributed by atoms with Gasteiger partial charge in [0.25, 0.3) is 0 Å². The molecule has 1 amide bonds. The standard InChI is InChI=1S/C23H27BrN2O4/c1-15(27)26-11-10-20(25-30-22(28)29-23(2,3)4)18-13-17(14-19(24)21(18)26)12-16-8-6-5-7-9-16/h5-9,13-14,20,25H,10-12H2,1-4H3/t20-/m1/s1. The lowest BCUT2D eigenvalue weighted by molar-refractivity contribution is -0.116. The molecule has 160 valence electrons. The number of nitrogens with zero attached hydrogens (tertiary/aromatic N) is 1. The molecule has 0 radical (unpaired) electrons. The van der Waals surface area contributed by atoms with Gasteiger partial charge in [0, 0.05) is 17.9 Å². The Morgan fingerprint density at radius 2 is 1.87 bits per heavy atom. The van der Waals surface area contributed by atoms with Crippen LogP contribution in [0.5, 0.6) is 0 Å². The molecule has 1 aliphatic heterocycles. The summed E-state index contributed by atoms with van der Waals surface area (Å²) in [5, 5.41) is 0. The average molecular weight is 475 g/mol. The van der Waals surface area contributed by atoms with Gasteiger partial charge in [0.15, 0.2) is 0 Å². The molecule has 6 nitrogen and oxygen atoms in total. The molecule has 30 heavy (non-hydrogen) atoms. The summed E-state index contributed by atoms with van der Waals surface area (Å²) in [6, 6.07) is 14.0. The molecule has 7 heteroatoms. The number of hydrogen-bond donors (Lipinski definition) is 1. The van der Waals surface area contributed by atoms with E-state index in [2.05, 4.69) is 39.6 Å². The SMILES string of the molecule is CC(=O)N1CC[C@@H](NOC(=O)OC(C)(C)C)c2cc(Cc3ccccc3)cc(Br)c21. The van der Waals surface area contributed by atoms with Gasteiger partial charge in [-0.1, -0.05) is 36.4 Å². The smallest absolute Gasteiger partial charge is 0.427 e. The molecule has 0 fully saturated rings. The summed E-state index contributed by atoms with van der Waals surface area (Å²) in [7, 11) is 0. The number of halogens is 1. The number of hydrogen-bond acceptors (Lipinski definition) is 5. The van der Waals surface area contributed by atoms with Crippen LogP contribution in [0.15, 0.2) is 46.9 Å². The van der Waals surface area contributed by atoms with Gasteiger partial charge in [0.05, 0.1) is 11.7 Å². The van der Waals surface area contributed by atoms with Crippen LogP contribution in [0.2, 0.25) is 0 Å². The first-order valence-corrected chi connectivity index (χ1v) is 10.7. The van der Waals surface area contributed by atoms with Gasteiger partial charge in [-0.3, -0.25) is 4.79 Å². The predicted octanol–water partition coefficient (Wildman–Crippen LogP) is 5.29. The van der Waals surface area contributed by atoms with Crippen molar-refractivity contribution in [3.05, 3.63) is 63.6 Å². The third-order valence-electron chi connectivity index (χ3n) is 4.74. The number of amides is 1. The Kier molecular flexibility index (Phi) is 6.83. The number of fused-ring (bicyclic) bond motifs is 1. The Morgan fingerprint density at radius 1 is 1.17 bits per heavy atom. The van der Waals surface area contributed by atoms with Crippen LogP contribution >= 0.6 is 15.9 Å². The van der Waals surface area contributed by atoms with E-state index in [1.165, 1.54) is 5.56 Å². The van der Waals surface area contributed by atoms with Crippen LogP contribution in [0.3, 0.4) is 0 Å². The highest BCUT2D eigenvalue weighted by Crippen LogP contribution is 2.40. The monoisotopic (exact) mass is 474 g/mol. The normalized spacial score (nSPS) is 16.0. The van der Waals surface area contributed by atoms with Gasteiger partial charge in [-0.25, -0.2) is 4.79 Å². The number of rotatable bonds is 4. The topological polar surface area (TPSA) is 67.9 Å². The van der Waals surface area contributed by atoms with Crippen LogP contribution in [-0.4, -0.2) is 24.2 Å². The van der Waals surface area contributed by atoms with Crippen LogP contribution in [0, 0.1) is 0 Å². The summed E-state index contributed by atoms with van der Waals surface area (Å²) in [4.78, 5) is 31.1. The van der Waals surface area contributed by atoms with Crippen LogP contribution in [0.4, 0.5) is 10.5 Å². The Bertz CT molecular complexity index is 925. The quantitative estimate of drug-likeness (QED) is 0.481. The van der Waals surface area contributed by atoms with Crippen LogP contribution < -0.4 is 10.4 Å². The van der Waals surface area contributed by atoms with Crippen molar-refractivity contribution in [2.24, 2.45) is 0 Å². The maximum Gasteiger partial charge on any atom is 0.528 e. The summed E-state index contributed by atoms with van der Waals surface area (Å²) < 4.78 is 6.04. The number of carbonyl (C=O) groups excluding carboxylic acids is 2.